The van der Waals surface area contributed by atoms with Gasteiger partial charge in [0.15, 0.2) is 11.5 Å². The molecule has 0 amide bonds. The van der Waals surface area contributed by atoms with E-state index in [4.69, 9.17) is 21.1 Å². The zero-order valence-electron chi connectivity index (χ0n) is 13.5. The predicted molar refractivity (Wildman–Crippen MR) is 90.5 cm³/mol. The topological polar surface area (TPSA) is 52.4 Å². The Morgan fingerprint density at radius 3 is 3.04 bits per heavy atom. The minimum absolute atomic E-state index is 0.558. The van der Waals surface area contributed by atoms with Gasteiger partial charge in [-0.3, -0.25) is 9.58 Å². The highest BCUT2D eigenvalue weighted by Crippen LogP contribution is 2.38. The van der Waals surface area contributed by atoms with Crippen molar-refractivity contribution in [3.05, 3.63) is 35.4 Å². The van der Waals surface area contributed by atoms with Crippen LogP contribution in [0.2, 0.25) is 5.02 Å². The molecule has 0 bridgehead atoms. The fraction of sp³-hybridized carbons (Fsp3) is 0.529. The molecular weight excluding hydrogens is 328 g/mol. The van der Waals surface area contributed by atoms with Gasteiger partial charge in [-0.2, -0.15) is 5.10 Å². The van der Waals surface area contributed by atoms with E-state index in [0.29, 0.717) is 29.9 Å². The van der Waals surface area contributed by atoms with Gasteiger partial charge in [-0.1, -0.05) is 11.6 Å². The van der Waals surface area contributed by atoms with Gasteiger partial charge >= 0.3 is 0 Å². The molecule has 128 valence electrons. The minimum atomic E-state index is 0.558. The third-order valence-corrected chi connectivity index (χ3v) is 4.86. The van der Waals surface area contributed by atoms with Gasteiger partial charge in [-0.15, -0.1) is 0 Å². The van der Waals surface area contributed by atoms with Crippen molar-refractivity contribution in [2.75, 3.05) is 26.3 Å². The van der Waals surface area contributed by atoms with Crippen LogP contribution in [-0.4, -0.2) is 46.0 Å². The van der Waals surface area contributed by atoms with Crippen molar-refractivity contribution in [2.45, 2.75) is 25.9 Å². The summed E-state index contributed by atoms with van der Waals surface area (Å²) < 4.78 is 13.2. The number of hydrogen-bond acceptors (Lipinski definition) is 5. The van der Waals surface area contributed by atoms with Crippen LogP contribution in [0.1, 0.15) is 18.4 Å². The summed E-state index contributed by atoms with van der Waals surface area (Å²) in [6.07, 6.45) is 5.83. The quantitative estimate of drug-likeness (QED) is 0.850. The van der Waals surface area contributed by atoms with Gasteiger partial charge in [0.25, 0.3) is 0 Å². The van der Waals surface area contributed by atoms with E-state index in [-0.39, 0.29) is 0 Å². The first-order chi connectivity index (χ1) is 11.8. The van der Waals surface area contributed by atoms with Gasteiger partial charge in [0.1, 0.15) is 25.9 Å². The molecule has 0 aliphatic carbocycles. The number of piperidine rings is 1. The number of halogens is 1. The van der Waals surface area contributed by atoms with Crippen LogP contribution in [0.4, 0.5) is 0 Å². The normalized spacial score (nSPS) is 21.0. The molecule has 7 heteroatoms. The summed E-state index contributed by atoms with van der Waals surface area (Å²) in [6, 6.07) is 4.05. The van der Waals surface area contributed by atoms with Crippen molar-refractivity contribution < 1.29 is 9.47 Å². The van der Waals surface area contributed by atoms with Crippen LogP contribution in [0.25, 0.3) is 0 Å². The van der Waals surface area contributed by atoms with Crippen LogP contribution in [0.15, 0.2) is 24.8 Å². The van der Waals surface area contributed by atoms with Crippen molar-refractivity contribution in [3.8, 4) is 11.5 Å². The Bertz CT molecular complexity index is 692. The molecule has 0 N–H and O–H groups in total. The second-order valence-electron chi connectivity index (χ2n) is 6.46. The fourth-order valence-corrected chi connectivity index (χ4v) is 3.84. The van der Waals surface area contributed by atoms with E-state index >= 15 is 0 Å². The van der Waals surface area contributed by atoms with E-state index in [9.17, 15) is 0 Å². The van der Waals surface area contributed by atoms with Gasteiger partial charge in [0, 0.05) is 19.6 Å². The van der Waals surface area contributed by atoms with Crippen LogP contribution in [0.3, 0.4) is 0 Å². The van der Waals surface area contributed by atoms with Gasteiger partial charge in [0.05, 0.1) is 5.02 Å². The van der Waals surface area contributed by atoms with Gasteiger partial charge < -0.3 is 9.47 Å². The van der Waals surface area contributed by atoms with Crippen molar-refractivity contribution >= 4 is 11.6 Å². The summed E-state index contributed by atoms with van der Waals surface area (Å²) in [7, 11) is 0. The molecule has 1 saturated heterocycles. The molecule has 1 aromatic carbocycles. The van der Waals surface area contributed by atoms with E-state index in [1.807, 2.05) is 10.7 Å². The summed E-state index contributed by atoms with van der Waals surface area (Å²) in [5.41, 5.74) is 1.17. The number of rotatable bonds is 4. The molecule has 0 radical (unpaired) electrons. The van der Waals surface area contributed by atoms with Gasteiger partial charge in [0.2, 0.25) is 0 Å². The summed E-state index contributed by atoms with van der Waals surface area (Å²) in [5.74, 6) is 2.04. The maximum Gasteiger partial charge on any atom is 0.179 e. The Kier molecular flexibility index (Phi) is 4.58. The molecule has 1 aromatic heterocycles. The standard InChI is InChI=1S/C17H21ClN4O2/c18-15-6-14(7-16-17(15)24-5-4-23-16)9-21-3-1-2-13(8-21)10-22-12-19-11-20-22/h6-7,11-13H,1-5,8-10H2/t13-/m1/s1. The van der Waals surface area contributed by atoms with Crippen molar-refractivity contribution in [1.82, 2.24) is 19.7 Å². The van der Waals surface area contributed by atoms with E-state index in [0.717, 1.165) is 31.9 Å². The molecule has 24 heavy (non-hydrogen) atoms. The number of likely N-dealkylation sites (tertiary alicyclic amines) is 1. The van der Waals surface area contributed by atoms with Crippen LogP contribution < -0.4 is 9.47 Å². The van der Waals surface area contributed by atoms with Crippen molar-refractivity contribution in [2.24, 2.45) is 5.92 Å². The average molecular weight is 349 g/mol. The number of aromatic nitrogens is 3. The molecule has 4 rings (SSSR count). The zero-order valence-corrected chi connectivity index (χ0v) is 14.3. The second kappa shape index (κ2) is 6.99. The summed E-state index contributed by atoms with van der Waals surface area (Å²) in [6.45, 7) is 5.12. The molecule has 6 nitrogen and oxygen atoms in total. The molecule has 2 aliphatic heterocycles. The lowest BCUT2D eigenvalue weighted by Gasteiger charge is -2.33. The van der Waals surface area contributed by atoms with Crippen LogP contribution in [0, 0.1) is 5.92 Å². The molecule has 1 atom stereocenters. The lowest BCUT2D eigenvalue weighted by Crippen LogP contribution is -2.36. The summed E-state index contributed by atoms with van der Waals surface area (Å²) in [4.78, 5) is 6.50. The largest absolute Gasteiger partial charge is 0.486 e. The maximum absolute atomic E-state index is 6.35. The summed E-state index contributed by atoms with van der Waals surface area (Å²) >= 11 is 6.35. The number of fused-ring (bicyclic) bond motifs is 1. The van der Waals surface area contributed by atoms with E-state index in [1.54, 1.807) is 12.7 Å². The molecule has 0 unspecified atom stereocenters. The number of nitrogens with zero attached hydrogens (tertiary/aromatic N) is 4. The minimum Gasteiger partial charge on any atom is -0.486 e. The predicted octanol–water partition coefficient (Wildman–Crippen LogP) is 2.61. The van der Waals surface area contributed by atoms with Crippen LogP contribution >= 0.6 is 11.6 Å². The Labute approximate surface area is 146 Å². The molecule has 0 spiro atoms. The fourth-order valence-electron chi connectivity index (χ4n) is 3.55. The number of ether oxygens (including phenoxy) is 2. The molecule has 3 heterocycles. The Morgan fingerprint density at radius 1 is 1.25 bits per heavy atom. The highest BCUT2D eigenvalue weighted by atomic mass is 35.5. The van der Waals surface area contributed by atoms with Gasteiger partial charge in [-0.05, 0) is 43.0 Å². The lowest BCUT2D eigenvalue weighted by molar-refractivity contribution is 0.151. The number of benzene rings is 1. The van der Waals surface area contributed by atoms with Crippen LogP contribution in [-0.2, 0) is 13.1 Å². The number of hydrogen-bond donors (Lipinski definition) is 0. The monoisotopic (exact) mass is 348 g/mol. The lowest BCUT2D eigenvalue weighted by atomic mass is 9.97. The first-order valence-corrected chi connectivity index (χ1v) is 8.78. The third-order valence-electron chi connectivity index (χ3n) is 4.58. The van der Waals surface area contributed by atoms with Crippen molar-refractivity contribution in [3.63, 3.8) is 0 Å². The Hall–Kier alpha value is -1.79. The molecule has 1 fully saturated rings. The Morgan fingerprint density at radius 2 is 2.17 bits per heavy atom. The highest BCUT2D eigenvalue weighted by molar-refractivity contribution is 6.32. The first kappa shape index (κ1) is 15.7. The van der Waals surface area contributed by atoms with E-state index < -0.39 is 0 Å². The van der Waals surface area contributed by atoms with E-state index in [1.165, 1.54) is 18.4 Å². The second-order valence-corrected chi connectivity index (χ2v) is 6.87. The SMILES string of the molecule is Clc1cc(CN2CCC[C@@H](Cn3cncn3)C2)cc2c1OCCO2. The van der Waals surface area contributed by atoms with Crippen molar-refractivity contribution in [1.29, 1.82) is 0 Å². The first-order valence-electron chi connectivity index (χ1n) is 8.41. The zero-order chi connectivity index (χ0) is 16.4. The summed E-state index contributed by atoms with van der Waals surface area (Å²) in [5, 5.41) is 4.86. The molecule has 0 saturated carbocycles. The van der Waals surface area contributed by atoms with Gasteiger partial charge in [-0.25, -0.2) is 4.98 Å². The molecule has 2 aliphatic rings. The third kappa shape index (κ3) is 3.49. The average Bonchev–Trinajstić information content (AvgIpc) is 3.08. The smallest absolute Gasteiger partial charge is 0.179 e. The van der Waals surface area contributed by atoms with Crippen LogP contribution in [0.5, 0.6) is 11.5 Å². The maximum atomic E-state index is 6.35. The van der Waals surface area contributed by atoms with E-state index in [2.05, 4.69) is 21.0 Å². The molecule has 2 aromatic rings. The molecular formula is C17H21ClN4O2. The highest BCUT2D eigenvalue weighted by Gasteiger charge is 2.22. The Balaban J connectivity index is 1.42.